The van der Waals surface area contributed by atoms with Gasteiger partial charge in [-0.05, 0) is 24.5 Å². The minimum atomic E-state index is 0.0474. The molecule has 3 nitrogen and oxygen atoms in total. The third kappa shape index (κ3) is 2.94. The lowest BCUT2D eigenvalue weighted by molar-refractivity contribution is 0.684. The van der Waals surface area contributed by atoms with E-state index < -0.39 is 0 Å². The SMILES string of the molecule is CCc1ccc(Cn2cc([C@H](C)N)cn2)cc1. The van der Waals surface area contributed by atoms with Gasteiger partial charge in [0.05, 0.1) is 12.7 Å². The number of benzene rings is 1. The summed E-state index contributed by atoms with van der Waals surface area (Å²) in [5.41, 5.74) is 9.52. The second kappa shape index (κ2) is 5.15. The van der Waals surface area contributed by atoms with Crippen LogP contribution >= 0.6 is 0 Å². The molecule has 0 aliphatic rings. The predicted octanol–water partition coefficient (Wildman–Crippen LogP) is 2.51. The molecule has 0 spiro atoms. The summed E-state index contributed by atoms with van der Waals surface area (Å²) in [6, 6.07) is 8.71. The van der Waals surface area contributed by atoms with E-state index in [4.69, 9.17) is 5.73 Å². The zero-order valence-electron chi connectivity index (χ0n) is 10.4. The van der Waals surface area contributed by atoms with E-state index in [1.165, 1.54) is 11.1 Å². The summed E-state index contributed by atoms with van der Waals surface area (Å²) in [6.45, 7) is 4.94. The maximum atomic E-state index is 5.80. The van der Waals surface area contributed by atoms with Crippen molar-refractivity contribution < 1.29 is 0 Å². The molecular formula is C14H19N3. The molecule has 1 aromatic heterocycles. The van der Waals surface area contributed by atoms with E-state index in [9.17, 15) is 0 Å². The van der Waals surface area contributed by atoms with Crippen LogP contribution < -0.4 is 5.73 Å². The van der Waals surface area contributed by atoms with Gasteiger partial charge in [0.1, 0.15) is 0 Å². The highest BCUT2D eigenvalue weighted by Crippen LogP contribution is 2.10. The second-order valence-corrected chi connectivity index (χ2v) is 4.43. The van der Waals surface area contributed by atoms with Crippen molar-refractivity contribution in [2.45, 2.75) is 32.9 Å². The van der Waals surface area contributed by atoms with E-state index >= 15 is 0 Å². The van der Waals surface area contributed by atoms with E-state index in [0.717, 1.165) is 18.5 Å². The van der Waals surface area contributed by atoms with Crippen LogP contribution in [0.3, 0.4) is 0 Å². The molecule has 0 saturated heterocycles. The van der Waals surface area contributed by atoms with Crippen molar-refractivity contribution in [1.29, 1.82) is 0 Å². The molecule has 0 aliphatic heterocycles. The van der Waals surface area contributed by atoms with Crippen LogP contribution in [0.25, 0.3) is 0 Å². The summed E-state index contributed by atoms with van der Waals surface area (Å²) in [6.07, 6.45) is 4.93. The zero-order chi connectivity index (χ0) is 12.3. The van der Waals surface area contributed by atoms with Crippen molar-refractivity contribution >= 4 is 0 Å². The third-order valence-corrected chi connectivity index (χ3v) is 2.95. The smallest absolute Gasteiger partial charge is 0.0659 e. The van der Waals surface area contributed by atoms with Gasteiger partial charge in [-0.25, -0.2) is 0 Å². The molecule has 0 aliphatic carbocycles. The quantitative estimate of drug-likeness (QED) is 0.875. The highest BCUT2D eigenvalue weighted by molar-refractivity contribution is 5.22. The summed E-state index contributed by atoms with van der Waals surface area (Å²) < 4.78 is 1.93. The van der Waals surface area contributed by atoms with Crippen LogP contribution in [0.15, 0.2) is 36.7 Å². The summed E-state index contributed by atoms with van der Waals surface area (Å²) in [5.74, 6) is 0. The van der Waals surface area contributed by atoms with Gasteiger partial charge in [0.2, 0.25) is 0 Å². The van der Waals surface area contributed by atoms with Crippen molar-refractivity contribution in [2.75, 3.05) is 0 Å². The van der Waals surface area contributed by atoms with Crippen molar-refractivity contribution in [3.63, 3.8) is 0 Å². The van der Waals surface area contributed by atoms with Crippen molar-refractivity contribution in [2.24, 2.45) is 5.73 Å². The van der Waals surface area contributed by atoms with Gasteiger partial charge in [0.25, 0.3) is 0 Å². The summed E-state index contributed by atoms with van der Waals surface area (Å²) >= 11 is 0. The van der Waals surface area contributed by atoms with Crippen molar-refractivity contribution in [3.8, 4) is 0 Å². The van der Waals surface area contributed by atoms with Crippen LogP contribution in [0.1, 0.15) is 36.6 Å². The van der Waals surface area contributed by atoms with Crippen LogP contribution in [-0.2, 0) is 13.0 Å². The average molecular weight is 229 g/mol. The van der Waals surface area contributed by atoms with E-state index in [1.54, 1.807) is 0 Å². The van der Waals surface area contributed by atoms with Crippen LogP contribution in [0, 0.1) is 0 Å². The Morgan fingerprint density at radius 1 is 1.24 bits per heavy atom. The number of aryl methyl sites for hydroxylation is 1. The lowest BCUT2D eigenvalue weighted by Gasteiger charge is -2.03. The van der Waals surface area contributed by atoms with Crippen LogP contribution in [0.4, 0.5) is 0 Å². The Morgan fingerprint density at radius 3 is 2.41 bits per heavy atom. The average Bonchev–Trinajstić information content (AvgIpc) is 2.79. The molecule has 0 fully saturated rings. The topological polar surface area (TPSA) is 43.8 Å². The molecule has 17 heavy (non-hydrogen) atoms. The fourth-order valence-corrected chi connectivity index (χ4v) is 1.77. The lowest BCUT2D eigenvalue weighted by atomic mass is 10.1. The van der Waals surface area contributed by atoms with Gasteiger partial charge >= 0.3 is 0 Å². The van der Waals surface area contributed by atoms with Crippen LogP contribution in [-0.4, -0.2) is 9.78 Å². The van der Waals surface area contributed by atoms with Gasteiger partial charge < -0.3 is 5.73 Å². The highest BCUT2D eigenvalue weighted by atomic mass is 15.3. The summed E-state index contributed by atoms with van der Waals surface area (Å²) in [7, 11) is 0. The molecule has 0 unspecified atom stereocenters. The van der Waals surface area contributed by atoms with E-state index in [2.05, 4.69) is 36.3 Å². The van der Waals surface area contributed by atoms with Crippen molar-refractivity contribution in [1.82, 2.24) is 9.78 Å². The number of nitrogens with two attached hydrogens (primary N) is 1. The molecule has 0 radical (unpaired) electrons. The maximum Gasteiger partial charge on any atom is 0.0659 e. The molecule has 2 rings (SSSR count). The van der Waals surface area contributed by atoms with E-state index in [0.29, 0.717) is 0 Å². The molecule has 0 amide bonds. The molecule has 2 N–H and O–H groups in total. The highest BCUT2D eigenvalue weighted by Gasteiger charge is 2.03. The first-order valence-electron chi connectivity index (χ1n) is 6.04. The third-order valence-electron chi connectivity index (χ3n) is 2.95. The minimum absolute atomic E-state index is 0.0474. The molecule has 0 bridgehead atoms. The standard InChI is InChI=1S/C14H19N3/c1-3-12-4-6-13(7-5-12)9-17-10-14(8-16-17)11(2)15/h4-8,10-11H,3,9,15H2,1-2H3/t11-/m0/s1. The number of aromatic nitrogens is 2. The monoisotopic (exact) mass is 229 g/mol. The molecule has 0 saturated carbocycles. The first-order valence-corrected chi connectivity index (χ1v) is 6.04. The fraction of sp³-hybridized carbons (Fsp3) is 0.357. The predicted molar refractivity (Wildman–Crippen MR) is 69.8 cm³/mol. The zero-order valence-corrected chi connectivity index (χ0v) is 10.4. The molecule has 3 heteroatoms. The maximum absolute atomic E-state index is 5.80. The molecule has 1 heterocycles. The fourth-order valence-electron chi connectivity index (χ4n) is 1.77. The van der Waals surface area contributed by atoms with Gasteiger partial charge in [-0.1, -0.05) is 31.2 Å². The molecular weight excluding hydrogens is 210 g/mol. The van der Waals surface area contributed by atoms with Gasteiger partial charge in [-0.2, -0.15) is 5.10 Å². The lowest BCUT2D eigenvalue weighted by Crippen LogP contribution is -2.04. The molecule has 2 aromatic rings. The summed E-state index contributed by atoms with van der Waals surface area (Å²) in [4.78, 5) is 0. The van der Waals surface area contributed by atoms with Crippen LogP contribution in [0.5, 0.6) is 0 Å². The normalized spacial score (nSPS) is 12.6. The second-order valence-electron chi connectivity index (χ2n) is 4.43. The van der Waals surface area contributed by atoms with Gasteiger partial charge in [0, 0.05) is 17.8 Å². The van der Waals surface area contributed by atoms with Gasteiger partial charge in [0.15, 0.2) is 0 Å². The van der Waals surface area contributed by atoms with Crippen LogP contribution in [0.2, 0.25) is 0 Å². The largest absolute Gasteiger partial charge is 0.324 e. The number of hydrogen-bond donors (Lipinski definition) is 1. The number of nitrogens with zero attached hydrogens (tertiary/aromatic N) is 2. The van der Waals surface area contributed by atoms with Gasteiger partial charge in [-0.3, -0.25) is 4.68 Å². The Kier molecular flexibility index (Phi) is 3.59. The molecule has 1 atom stereocenters. The molecule has 90 valence electrons. The minimum Gasteiger partial charge on any atom is -0.324 e. The van der Waals surface area contributed by atoms with Gasteiger partial charge in [-0.15, -0.1) is 0 Å². The van der Waals surface area contributed by atoms with Crippen molar-refractivity contribution in [3.05, 3.63) is 53.3 Å². The van der Waals surface area contributed by atoms with E-state index in [-0.39, 0.29) is 6.04 Å². The number of hydrogen-bond acceptors (Lipinski definition) is 2. The summed E-state index contributed by atoms with van der Waals surface area (Å²) in [5, 5.41) is 4.31. The Labute approximate surface area is 102 Å². The van der Waals surface area contributed by atoms with E-state index in [1.807, 2.05) is 24.0 Å². The first kappa shape index (κ1) is 11.9. The Balaban J connectivity index is 2.08. The Bertz CT molecular complexity index is 468. The Hall–Kier alpha value is -1.61. The Morgan fingerprint density at radius 2 is 1.88 bits per heavy atom. The first-order chi connectivity index (χ1) is 8.19. The molecule has 1 aromatic carbocycles. The number of rotatable bonds is 4.